The third kappa shape index (κ3) is 31.3. The summed E-state index contributed by atoms with van der Waals surface area (Å²) in [7, 11) is -4.82. The van der Waals surface area contributed by atoms with E-state index >= 15 is 0 Å². The topological polar surface area (TPSA) is 110 Å². The fraction of sp³-hybridized carbons (Fsp3) is 0.739. The second-order valence-corrected chi connectivity index (χ2v) is 16.4. The van der Waals surface area contributed by atoms with Crippen LogP contribution in [0.3, 0.4) is 0 Å². The van der Waals surface area contributed by atoms with Crippen LogP contribution < -0.4 is 29.6 Å². The molecule has 0 fully saturated rings. The second-order valence-electron chi connectivity index (χ2n) is 15.0. The monoisotopic (exact) mass is 797 g/mol. The summed E-state index contributed by atoms with van der Waals surface area (Å²) in [5.41, 5.74) is -0.350. The van der Waals surface area contributed by atoms with E-state index in [0.717, 1.165) is 69.6 Å². The van der Waals surface area contributed by atoms with Crippen molar-refractivity contribution in [2.45, 2.75) is 211 Å². The van der Waals surface area contributed by atoms with Gasteiger partial charge in [-0.2, -0.15) is 0 Å². The summed E-state index contributed by atoms with van der Waals surface area (Å²) in [4.78, 5) is 25.2. The molecular formula is C46H77NaO7S. The number of carbonyl (C=O) groups is 2. The Kier molecular flexibility index (Phi) is 37.1. The molecule has 0 radical (unpaired) electrons. The van der Waals surface area contributed by atoms with E-state index < -0.39 is 27.0 Å². The zero-order chi connectivity index (χ0) is 39.4. The predicted molar refractivity (Wildman–Crippen MR) is 223 cm³/mol. The van der Waals surface area contributed by atoms with Crippen LogP contribution in [0.1, 0.15) is 227 Å². The minimum Gasteiger partial charge on any atom is -0.744 e. The molecule has 0 saturated carbocycles. The number of rotatable bonds is 37. The predicted octanol–water partition coefficient (Wildman–Crippen LogP) is 10.8. The van der Waals surface area contributed by atoms with Gasteiger partial charge in [-0.1, -0.05) is 167 Å². The van der Waals surface area contributed by atoms with Gasteiger partial charge in [0.25, 0.3) is 0 Å². The van der Waals surface area contributed by atoms with Gasteiger partial charge in [0.05, 0.1) is 29.2 Å². The Labute approximate surface area is 359 Å². The van der Waals surface area contributed by atoms with E-state index in [9.17, 15) is 22.6 Å². The van der Waals surface area contributed by atoms with Crippen LogP contribution in [-0.4, -0.2) is 38.1 Å². The fourth-order valence-corrected chi connectivity index (χ4v) is 7.06. The molecule has 0 heterocycles. The van der Waals surface area contributed by atoms with Gasteiger partial charge in [0, 0.05) is 0 Å². The Morgan fingerprint density at radius 2 is 0.800 bits per heavy atom. The first-order chi connectivity index (χ1) is 26.3. The van der Waals surface area contributed by atoms with Gasteiger partial charge < -0.3 is 14.0 Å². The van der Waals surface area contributed by atoms with E-state index in [0.29, 0.717) is 12.8 Å². The Hall–Kier alpha value is -1.45. The Balaban J connectivity index is 0.0000292. The van der Waals surface area contributed by atoms with Crippen molar-refractivity contribution in [1.29, 1.82) is 0 Å². The van der Waals surface area contributed by atoms with E-state index in [1.165, 1.54) is 128 Å². The number of benzene rings is 1. The largest absolute Gasteiger partial charge is 1.00 e. The first-order valence-corrected chi connectivity index (χ1v) is 23.5. The first-order valence-electron chi connectivity index (χ1n) is 22.0. The van der Waals surface area contributed by atoms with E-state index in [1.807, 2.05) is 0 Å². The van der Waals surface area contributed by atoms with E-state index in [2.05, 4.69) is 38.2 Å². The molecule has 7 nitrogen and oxygen atoms in total. The van der Waals surface area contributed by atoms with Crippen molar-refractivity contribution in [2.75, 3.05) is 13.2 Å². The quantitative estimate of drug-likeness (QED) is 0.0217. The standard InChI is InChI=1S/C46H78O7S.Na/c1-3-5-7-9-11-13-15-17-19-21-23-25-27-29-31-33-35-39-52-45(47)43-38-37-42(54(49,50)51)41-44(43)46(48)53-40-36-34-32-30-28-26-24-22-20-18-16-14-12-10-8-6-4-2;/h19-22,37-38,41H,3-18,23-36,39-40H2,1-2H3,(H,49,50,51);/q;+1/p-1/b21-19+,22-20+;. The SMILES string of the molecule is CCCCCCCCC/C=C/CCCCCCCCOC(=O)c1ccc(S(=O)(=O)[O-])cc1C(=O)OCCCCCCCC/C=C/CCCCCCCCC.[Na+]. The van der Waals surface area contributed by atoms with Gasteiger partial charge in [0.1, 0.15) is 10.1 Å². The zero-order valence-corrected chi connectivity index (χ0v) is 38.3. The third-order valence-electron chi connectivity index (χ3n) is 10.00. The van der Waals surface area contributed by atoms with Crippen LogP contribution in [0.4, 0.5) is 0 Å². The molecule has 0 spiro atoms. The Morgan fingerprint density at radius 1 is 0.491 bits per heavy atom. The summed E-state index contributed by atoms with van der Waals surface area (Å²) in [5, 5.41) is 0. The summed E-state index contributed by atoms with van der Waals surface area (Å²) in [6.07, 6.45) is 45.0. The Bertz CT molecular complexity index is 1240. The van der Waals surface area contributed by atoms with Crippen molar-refractivity contribution in [3.63, 3.8) is 0 Å². The third-order valence-corrected chi connectivity index (χ3v) is 10.8. The number of carbonyl (C=O) groups excluding carboxylic acids is 2. The molecule has 1 rings (SSSR count). The van der Waals surface area contributed by atoms with Gasteiger partial charge >= 0.3 is 41.5 Å². The normalized spacial score (nSPS) is 11.7. The molecule has 0 unspecified atom stereocenters. The zero-order valence-electron chi connectivity index (χ0n) is 35.4. The number of hydrogen-bond donors (Lipinski definition) is 0. The van der Waals surface area contributed by atoms with Crippen molar-refractivity contribution < 1.29 is 61.6 Å². The number of ether oxygens (including phenoxy) is 2. The fourth-order valence-electron chi connectivity index (χ4n) is 6.56. The minimum atomic E-state index is -4.82. The molecule has 0 aliphatic rings. The molecule has 0 amide bonds. The van der Waals surface area contributed by atoms with Crippen LogP contribution in [0, 0.1) is 0 Å². The van der Waals surface area contributed by atoms with E-state index in [4.69, 9.17) is 9.47 Å². The molecule has 0 aromatic heterocycles. The second kappa shape index (κ2) is 38.1. The molecule has 0 atom stereocenters. The van der Waals surface area contributed by atoms with Crippen LogP contribution in [0.5, 0.6) is 0 Å². The summed E-state index contributed by atoms with van der Waals surface area (Å²) in [6.45, 7) is 4.86. The maximum absolute atomic E-state index is 12.9. The number of unbranched alkanes of at least 4 members (excludes halogenated alkanes) is 26. The van der Waals surface area contributed by atoms with Gasteiger partial charge in [-0.05, 0) is 82.4 Å². The molecule has 55 heavy (non-hydrogen) atoms. The molecule has 9 heteroatoms. The van der Waals surface area contributed by atoms with E-state index in [-0.39, 0.29) is 53.9 Å². The summed E-state index contributed by atoms with van der Waals surface area (Å²) in [5.74, 6) is -1.56. The maximum atomic E-state index is 12.9. The Morgan fingerprint density at radius 3 is 1.15 bits per heavy atom. The molecule has 1 aromatic carbocycles. The maximum Gasteiger partial charge on any atom is 1.00 e. The smallest absolute Gasteiger partial charge is 0.744 e. The van der Waals surface area contributed by atoms with Crippen LogP contribution in [0.25, 0.3) is 0 Å². The van der Waals surface area contributed by atoms with Crippen LogP contribution in [0.15, 0.2) is 47.4 Å². The number of esters is 2. The van der Waals surface area contributed by atoms with Crippen molar-refractivity contribution in [3.05, 3.63) is 53.6 Å². The summed E-state index contributed by atoms with van der Waals surface area (Å²) in [6, 6.07) is 3.12. The molecule has 0 saturated heterocycles. The molecule has 0 bridgehead atoms. The van der Waals surface area contributed by atoms with Crippen LogP contribution in [0.2, 0.25) is 0 Å². The average molecular weight is 797 g/mol. The van der Waals surface area contributed by atoms with Gasteiger partial charge in [-0.25, -0.2) is 18.0 Å². The average Bonchev–Trinajstić information content (AvgIpc) is 3.16. The van der Waals surface area contributed by atoms with Crippen LogP contribution >= 0.6 is 0 Å². The minimum absolute atomic E-state index is 0. The number of allylic oxidation sites excluding steroid dienone is 4. The molecule has 1 aromatic rings. The van der Waals surface area contributed by atoms with Crippen molar-refractivity contribution in [2.24, 2.45) is 0 Å². The van der Waals surface area contributed by atoms with Gasteiger partial charge in [0.2, 0.25) is 0 Å². The molecule has 0 N–H and O–H groups in total. The van der Waals surface area contributed by atoms with Crippen molar-refractivity contribution in [3.8, 4) is 0 Å². The van der Waals surface area contributed by atoms with E-state index in [1.54, 1.807) is 0 Å². The van der Waals surface area contributed by atoms with Gasteiger partial charge in [-0.3, -0.25) is 0 Å². The molecule has 0 aliphatic heterocycles. The van der Waals surface area contributed by atoms with Gasteiger partial charge in [0.15, 0.2) is 0 Å². The number of hydrogen-bond acceptors (Lipinski definition) is 7. The molecular weight excluding hydrogens is 720 g/mol. The first kappa shape index (κ1) is 53.6. The van der Waals surface area contributed by atoms with Gasteiger partial charge in [-0.15, -0.1) is 0 Å². The molecule has 310 valence electrons. The summed E-state index contributed by atoms with van der Waals surface area (Å²) < 4.78 is 45.8. The van der Waals surface area contributed by atoms with Crippen molar-refractivity contribution in [1.82, 2.24) is 0 Å². The molecule has 0 aliphatic carbocycles. The van der Waals surface area contributed by atoms with Crippen molar-refractivity contribution >= 4 is 22.1 Å². The van der Waals surface area contributed by atoms with Crippen LogP contribution in [-0.2, 0) is 19.6 Å². The summed E-state index contributed by atoms with van der Waals surface area (Å²) >= 11 is 0.